The second kappa shape index (κ2) is 8.97. The Hall–Kier alpha value is -3.20. The van der Waals surface area contributed by atoms with Crippen LogP contribution in [0.5, 0.6) is 0 Å². The molecule has 1 saturated heterocycles. The van der Waals surface area contributed by atoms with Crippen LogP contribution in [0.2, 0.25) is 10.0 Å². The number of hydrogen-bond donors (Lipinski definition) is 1. The normalized spacial score (nSPS) is 17.5. The molecule has 0 radical (unpaired) electrons. The zero-order chi connectivity index (χ0) is 23.9. The summed E-state index contributed by atoms with van der Waals surface area (Å²) in [5.41, 5.74) is 1.09. The highest BCUT2D eigenvalue weighted by atomic mass is 35.5. The Labute approximate surface area is 202 Å². The van der Waals surface area contributed by atoms with Crippen LogP contribution in [0.25, 0.3) is 5.76 Å². The number of amides is 1. The van der Waals surface area contributed by atoms with Gasteiger partial charge in [-0.2, -0.15) is 0 Å². The van der Waals surface area contributed by atoms with Gasteiger partial charge in [-0.25, -0.2) is 9.78 Å². The van der Waals surface area contributed by atoms with Crippen LogP contribution < -0.4 is 4.90 Å². The maximum Gasteiger partial charge on any atom is 0.350 e. The van der Waals surface area contributed by atoms with Crippen LogP contribution >= 0.6 is 34.5 Å². The first-order valence-corrected chi connectivity index (χ1v) is 11.2. The number of nitrogens with zero attached hydrogens (tertiary/aromatic N) is 2. The Morgan fingerprint density at radius 2 is 1.64 bits per heavy atom. The van der Waals surface area contributed by atoms with Gasteiger partial charge in [0, 0.05) is 15.6 Å². The van der Waals surface area contributed by atoms with Crippen molar-refractivity contribution in [3.8, 4) is 0 Å². The van der Waals surface area contributed by atoms with Crippen molar-refractivity contribution >= 4 is 63.1 Å². The predicted molar refractivity (Wildman–Crippen MR) is 126 cm³/mol. The Bertz CT molecular complexity index is 1300. The fraction of sp³-hybridized carbons (Fsp3) is 0.130. The fourth-order valence-electron chi connectivity index (χ4n) is 3.52. The minimum atomic E-state index is -0.992. The maximum absolute atomic E-state index is 13.2. The topological polar surface area (TPSA) is 96.8 Å². The molecular formula is C23H16Cl2N2O5S. The van der Waals surface area contributed by atoms with Gasteiger partial charge in [-0.1, -0.05) is 46.7 Å². The number of hydrogen-bond acceptors (Lipinski definition) is 7. The lowest BCUT2D eigenvalue weighted by Crippen LogP contribution is -2.29. The maximum atomic E-state index is 13.2. The van der Waals surface area contributed by atoms with Gasteiger partial charge in [0.15, 0.2) is 5.13 Å². The standard InChI is InChI=1S/C23H16Cl2N2O5S/c1-11-20(22(31)32-2)33-23(26-11)27-17(12-3-7-14(24)8-4-12)16(19(29)21(27)30)18(28)13-5-9-15(25)10-6-13/h3-10,17,28H,1-2H3/b18-16+/t17-/m1/s1. The van der Waals surface area contributed by atoms with Crippen LogP contribution in [0.4, 0.5) is 5.13 Å². The minimum absolute atomic E-state index is 0.114. The van der Waals surface area contributed by atoms with Gasteiger partial charge in [-0.15, -0.1) is 0 Å². The highest BCUT2D eigenvalue weighted by Crippen LogP contribution is 2.44. The first-order chi connectivity index (χ1) is 15.7. The van der Waals surface area contributed by atoms with Crippen LogP contribution in [-0.4, -0.2) is 34.9 Å². The number of Topliss-reactive ketones (excluding diaryl/α,β-unsaturated/α-hetero) is 1. The third-order valence-electron chi connectivity index (χ3n) is 5.11. The van der Waals surface area contributed by atoms with Gasteiger partial charge in [0.25, 0.3) is 5.78 Å². The Morgan fingerprint density at radius 1 is 1.06 bits per heavy atom. The first-order valence-electron chi connectivity index (χ1n) is 9.61. The van der Waals surface area contributed by atoms with E-state index in [1.165, 1.54) is 12.0 Å². The van der Waals surface area contributed by atoms with Gasteiger partial charge < -0.3 is 9.84 Å². The fourth-order valence-corrected chi connectivity index (χ4v) is 4.78. The number of aryl methyl sites for hydroxylation is 1. The number of carbonyl (C=O) groups excluding carboxylic acids is 3. The number of anilines is 1. The molecule has 10 heteroatoms. The van der Waals surface area contributed by atoms with Crippen molar-refractivity contribution in [2.75, 3.05) is 12.0 Å². The van der Waals surface area contributed by atoms with Gasteiger partial charge in [-0.05, 0) is 48.9 Å². The number of ether oxygens (including phenoxy) is 1. The summed E-state index contributed by atoms with van der Waals surface area (Å²) in [5, 5.41) is 12.1. The van der Waals surface area contributed by atoms with E-state index in [4.69, 9.17) is 27.9 Å². The molecule has 3 aromatic rings. The summed E-state index contributed by atoms with van der Waals surface area (Å²) < 4.78 is 4.78. The Balaban J connectivity index is 1.93. The van der Waals surface area contributed by atoms with E-state index in [-0.39, 0.29) is 21.3 Å². The van der Waals surface area contributed by atoms with Crippen LogP contribution in [-0.2, 0) is 14.3 Å². The number of halogens is 2. The number of thiazole rings is 1. The first kappa shape index (κ1) is 23.0. The van der Waals surface area contributed by atoms with Gasteiger partial charge in [0.2, 0.25) is 0 Å². The molecule has 1 aliphatic heterocycles. The number of methoxy groups -OCH3 is 1. The zero-order valence-electron chi connectivity index (χ0n) is 17.3. The van der Waals surface area contributed by atoms with E-state index in [1.807, 2.05) is 0 Å². The number of aliphatic hydroxyl groups excluding tert-OH is 1. The van der Waals surface area contributed by atoms with Gasteiger partial charge in [-0.3, -0.25) is 14.5 Å². The van der Waals surface area contributed by atoms with Crippen molar-refractivity contribution in [2.45, 2.75) is 13.0 Å². The van der Waals surface area contributed by atoms with Crippen molar-refractivity contribution in [3.63, 3.8) is 0 Å². The quantitative estimate of drug-likeness (QED) is 0.228. The molecule has 1 aromatic heterocycles. The van der Waals surface area contributed by atoms with E-state index >= 15 is 0 Å². The van der Waals surface area contributed by atoms with Gasteiger partial charge in [0.1, 0.15) is 10.6 Å². The third kappa shape index (κ3) is 4.13. The van der Waals surface area contributed by atoms with E-state index in [0.29, 0.717) is 26.9 Å². The number of carbonyl (C=O) groups is 3. The Kier molecular flexibility index (Phi) is 6.25. The minimum Gasteiger partial charge on any atom is -0.507 e. The van der Waals surface area contributed by atoms with E-state index in [9.17, 15) is 19.5 Å². The smallest absolute Gasteiger partial charge is 0.350 e. The summed E-state index contributed by atoms with van der Waals surface area (Å²) in [6.45, 7) is 1.61. The molecule has 0 unspecified atom stereocenters. The highest BCUT2D eigenvalue weighted by molar-refractivity contribution is 7.17. The molecule has 0 spiro atoms. The molecule has 1 amide bonds. The molecule has 2 heterocycles. The zero-order valence-corrected chi connectivity index (χ0v) is 19.7. The molecule has 33 heavy (non-hydrogen) atoms. The number of aromatic nitrogens is 1. The highest BCUT2D eigenvalue weighted by Gasteiger charge is 2.48. The SMILES string of the molecule is COC(=O)c1sc(N2C(=O)C(=O)/C(=C(/O)c3ccc(Cl)cc3)[C@H]2c2ccc(Cl)cc2)nc1C. The number of aliphatic hydroxyl groups is 1. The molecule has 0 bridgehead atoms. The summed E-state index contributed by atoms with van der Waals surface area (Å²) in [6.07, 6.45) is 0. The van der Waals surface area contributed by atoms with Crippen LogP contribution in [0.3, 0.4) is 0 Å². The molecular weight excluding hydrogens is 487 g/mol. The number of ketones is 1. The molecule has 4 rings (SSSR count). The molecule has 2 aromatic carbocycles. The molecule has 168 valence electrons. The van der Waals surface area contributed by atoms with E-state index in [2.05, 4.69) is 4.98 Å². The predicted octanol–water partition coefficient (Wildman–Crippen LogP) is 5.17. The van der Waals surface area contributed by atoms with Crippen LogP contribution in [0.1, 0.15) is 32.5 Å². The Morgan fingerprint density at radius 3 is 2.21 bits per heavy atom. The summed E-state index contributed by atoms with van der Waals surface area (Å²) in [7, 11) is 1.24. The number of rotatable bonds is 4. The molecule has 0 aliphatic carbocycles. The van der Waals surface area contributed by atoms with E-state index in [1.54, 1.807) is 55.5 Å². The van der Waals surface area contributed by atoms with Crippen molar-refractivity contribution in [1.29, 1.82) is 0 Å². The molecule has 0 saturated carbocycles. The van der Waals surface area contributed by atoms with Crippen molar-refractivity contribution in [1.82, 2.24) is 4.98 Å². The van der Waals surface area contributed by atoms with Crippen LogP contribution in [0, 0.1) is 6.92 Å². The molecule has 1 N–H and O–H groups in total. The molecule has 1 atom stereocenters. The number of benzene rings is 2. The summed E-state index contributed by atoms with van der Waals surface area (Å²) in [5.74, 6) is -2.71. The average Bonchev–Trinajstić information content (AvgIpc) is 3.31. The van der Waals surface area contributed by atoms with Crippen molar-refractivity contribution < 1.29 is 24.2 Å². The lowest BCUT2D eigenvalue weighted by Gasteiger charge is -2.23. The monoisotopic (exact) mass is 502 g/mol. The van der Waals surface area contributed by atoms with Gasteiger partial charge in [0.05, 0.1) is 24.4 Å². The lowest BCUT2D eigenvalue weighted by atomic mass is 9.95. The lowest BCUT2D eigenvalue weighted by molar-refractivity contribution is -0.132. The molecule has 1 fully saturated rings. The molecule has 7 nitrogen and oxygen atoms in total. The number of esters is 1. The summed E-state index contributed by atoms with van der Waals surface area (Å²) in [4.78, 5) is 44.1. The van der Waals surface area contributed by atoms with E-state index < -0.39 is 23.7 Å². The molecule has 1 aliphatic rings. The summed E-state index contributed by atoms with van der Waals surface area (Å²) >= 11 is 12.9. The largest absolute Gasteiger partial charge is 0.507 e. The average molecular weight is 503 g/mol. The second-order valence-electron chi connectivity index (χ2n) is 7.13. The van der Waals surface area contributed by atoms with E-state index in [0.717, 1.165) is 11.3 Å². The summed E-state index contributed by atoms with van der Waals surface area (Å²) in [6, 6.07) is 11.8. The second-order valence-corrected chi connectivity index (χ2v) is 8.98. The third-order valence-corrected chi connectivity index (χ3v) is 6.75. The van der Waals surface area contributed by atoms with Crippen molar-refractivity contribution in [3.05, 3.63) is 85.8 Å². The van der Waals surface area contributed by atoms with Crippen molar-refractivity contribution in [2.24, 2.45) is 0 Å². The van der Waals surface area contributed by atoms with Crippen LogP contribution in [0.15, 0.2) is 54.1 Å². The van der Waals surface area contributed by atoms with Gasteiger partial charge >= 0.3 is 11.9 Å².